The summed E-state index contributed by atoms with van der Waals surface area (Å²) in [4.78, 5) is 11.1. The molecule has 0 unspecified atom stereocenters. The number of nitrogens with one attached hydrogen (secondary N) is 1. The van der Waals surface area contributed by atoms with Crippen LogP contribution in [-0.4, -0.2) is 23.1 Å². The molecule has 1 N–H and O–H groups in total. The maximum Gasteiger partial charge on any atom is 0.154 e. The maximum absolute atomic E-state index is 4.60. The molecule has 92 valence electrons. The molecule has 0 fully saturated rings. The maximum atomic E-state index is 4.60. The van der Waals surface area contributed by atoms with Gasteiger partial charge in [0.15, 0.2) is 5.82 Å². The fourth-order valence-electron chi connectivity index (χ4n) is 2.33. The Balaban J connectivity index is 1.94. The summed E-state index contributed by atoms with van der Waals surface area (Å²) in [6.45, 7) is 3.89. The lowest BCUT2D eigenvalue weighted by molar-refractivity contribution is 0.962. The van der Waals surface area contributed by atoms with Crippen LogP contribution >= 0.6 is 0 Å². The molecule has 0 spiro atoms. The van der Waals surface area contributed by atoms with Crippen molar-refractivity contribution < 1.29 is 0 Å². The Bertz CT molecular complexity index is 553. The second-order valence-electron chi connectivity index (χ2n) is 4.32. The van der Waals surface area contributed by atoms with Crippen molar-refractivity contribution in [2.24, 2.45) is 0 Å². The SMILES string of the molecule is CCNc1cncc(N2CCc3ccccc32)n1. The quantitative estimate of drug-likeness (QED) is 0.895. The van der Waals surface area contributed by atoms with Gasteiger partial charge >= 0.3 is 0 Å². The van der Waals surface area contributed by atoms with Gasteiger partial charge in [-0.15, -0.1) is 0 Å². The van der Waals surface area contributed by atoms with Crippen LogP contribution < -0.4 is 10.2 Å². The van der Waals surface area contributed by atoms with Crippen molar-refractivity contribution in [3.63, 3.8) is 0 Å². The van der Waals surface area contributed by atoms with Crippen molar-refractivity contribution in [3.8, 4) is 0 Å². The number of benzene rings is 1. The van der Waals surface area contributed by atoms with Crippen LogP contribution in [0.25, 0.3) is 0 Å². The molecular weight excluding hydrogens is 224 g/mol. The number of para-hydroxylation sites is 1. The summed E-state index contributed by atoms with van der Waals surface area (Å²) in [5, 5.41) is 3.20. The predicted molar refractivity (Wildman–Crippen MR) is 73.3 cm³/mol. The van der Waals surface area contributed by atoms with Gasteiger partial charge in [0.2, 0.25) is 0 Å². The van der Waals surface area contributed by atoms with Crippen LogP contribution in [0.15, 0.2) is 36.7 Å². The molecule has 0 radical (unpaired) electrons. The van der Waals surface area contributed by atoms with Gasteiger partial charge in [-0.05, 0) is 25.0 Å². The van der Waals surface area contributed by atoms with Gasteiger partial charge in [0.05, 0.1) is 12.4 Å². The highest BCUT2D eigenvalue weighted by Crippen LogP contribution is 2.32. The van der Waals surface area contributed by atoms with E-state index in [1.807, 2.05) is 6.20 Å². The molecule has 3 rings (SSSR count). The van der Waals surface area contributed by atoms with E-state index in [4.69, 9.17) is 0 Å². The van der Waals surface area contributed by atoms with Crippen molar-refractivity contribution >= 4 is 17.3 Å². The Morgan fingerprint density at radius 3 is 3.06 bits per heavy atom. The number of hydrogen-bond donors (Lipinski definition) is 1. The fraction of sp³-hybridized carbons (Fsp3) is 0.286. The Kier molecular flexibility index (Phi) is 2.84. The largest absolute Gasteiger partial charge is 0.369 e. The van der Waals surface area contributed by atoms with E-state index in [9.17, 15) is 0 Å². The van der Waals surface area contributed by atoms with E-state index in [0.29, 0.717) is 0 Å². The van der Waals surface area contributed by atoms with Crippen molar-refractivity contribution in [1.29, 1.82) is 0 Å². The van der Waals surface area contributed by atoms with E-state index < -0.39 is 0 Å². The minimum Gasteiger partial charge on any atom is -0.369 e. The monoisotopic (exact) mass is 240 g/mol. The summed E-state index contributed by atoms with van der Waals surface area (Å²) < 4.78 is 0. The van der Waals surface area contributed by atoms with E-state index in [-0.39, 0.29) is 0 Å². The molecule has 0 saturated carbocycles. The van der Waals surface area contributed by atoms with Gasteiger partial charge in [0.1, 0.15) is 5.82 Å². The third-order valence-electron chi connectivity index (χ3n) is 3.14. The number of rotatable bonds is 3. The van der Waals surface area contributed by atoms with Crippen molar-refractivity contribution in [2.45, 2.75) is 13.3 Å². The molecule has 1 aromatic heterocycles. The molecule has 2 aromatic rings. The highest BCUT2D eigenvalue weighted by molar-refractivity contribution is 5.67. The zero-order valence-corrected chi connectivity index (χ0v) is 10.4. The molecule has 1 aliphatic heterocycles. The Morgan fingerprint density at radius 1 is 1.28 bits per heavy atom. The third kappa shape index (κ3) is 1.90. The van der Waals surface area contributed by atoms with Gasteiger partial charge in [-0.1, -0.05) is 18.2 Å². The van der Waals surface area contributed by atoms with Gasteiger partial charge in [-0.3, -0.25) is 4.98 Å². The summed E-state index contributed by atoms with van der Waals surface area (Å²) in [5.74, 6) is 1.75. The second-order valence-corrected chi connectivity index (χ2v) is 4.32. The van der Waals surface area contributed by atoms with E-state index in [1.54, 1.807) is 6.20 Å². The average Bonchev–Trinajstić information content (AvgIpc) is 2.83. The first kappa shape index (κ1) is 11.0. The van der Waals surface area contributed by atoms with E-state index in [2.05, 4.69) is 51.4 Å². The highest BCUT2D eigenvalue weighted by Gasteiger charge is 2.20. The first-order chi connectivity index (χ1) is 8.88. The number of nitrogens with zero attached hydrogens (tertiary/aromatic N) is 3. The summed E-state index contributed by atoms with van der Waals surface area (Å²) in [6.07, 6.45) is 4.65. The minimum absolute atomic E-state index is 0.833. The van der Waals surface area contributed by atoms with Crippen LogP contribution in [0.2, 0.25) is 0 Å². The average molecular weight is 240 g/mol. The van der Waals surface area contributed by atoms with Gasteiger partial charge in [0, 0.05) is 18.8 Å². The standard InChI is InChI=1S/C14H16N4/c1-2-16-13-9-15-10-14(17-13)18-8-7-11-5-3-4-6-12(11)18/h3-6,9-10H,2,7-8H2,1H3,(H,16,17). The fourth-order valence-corrected chi connectivity index (χ4v) is 2.33. The molecule has 1 aromatic carbocycles. The number of anilines is 3. The van der Waals surface area contributed by atoms with Gasteiger partial charge < -0.3 is 10.2 Å². The molecule has 0 bridgehead atoms. The number of hydrogen-bond acceptors (Lipinski definition) is 4. The molecule has 0 amide bonds. The molecule has 4 nitrogen and oxygen atoms in total. The van der Waals surface area contributed by atoms with Crippen LogP contribution in [0.5, 0.6) is 0 Å². The molecule has 1 aliphatic rings. The van der Waals surface area contributed by atoms with Crippen molar-refractivity contribution in [3.05, 3.63) is 42.2 Å². The molecule has 0 saturated heterocycles. The Hall–Kier alpha value is -2.10. The zero-order chi connectivity index (χ0) is 12.4. The first-order valence-corrected chi connectivity index (χ1v) is 6.30. The summed E-state index contributed by atoms with van der Waals surface area (Å²) in [5.41, 5.74) is 2.63. The van der Waals surface area contributed by atoms with E-state index in [0.717, 1.165) is 31.1 Å². The summed E-state index contributed by atoms with van der Waals surface area (Å²) in [7, 11) is 0. The lowest BCUT2D eigenvalue weighted by atomic mass is 10.2. The lowest BCUT2D eigenvalue weighted by Crippen LogP contribution is -2.15. The molecule has 2 heterocycles. The van der Waals surface area contributed by atoms with Crippen LogP contribution in [0.3, 0.4) is 0 Å². The lowest BCUT2D eigenvalue weighted by Gasteiger charge is -2.18. The molecule has 0 aliphatic carbocycles. The van der Waals surface area contributed by atoms with Crippen LogP contribution in [0.4, 0.5) is 17.3 Å². The molecule has 0 atom stereocenters. The van der Waals surface area contributed by atoms with Crippen LogP contribution in [-0.2, 0) is 6.42 Å². The van der Waals surface area contributed by atoms with Crippen LogP contribution in [0.1, 0.15) is 12.5 Å². The topological polar surface area (TPSA) is 41.1 Å². The first-order valence-electron chi connectivity index (χ1n) is 6.30. The molecule has 4 heteroatoms. The second kappa shape index (κ2) is 4.64. The van der Waals surface area contributed by atoms with Crippen LogP contribution in [0, 0.1) is 0 Å². The highest BCUT2D eigenvalue weighted by atomic mass is 15.2. The Morgan fingerprint density at radius 2 is 2.17 bits per heavy atom. The molecule has 18 heavy (non-hydrogen) atoms. The van der Waals surface area contributed by atoms with E-state index in [1.165, 1.54) is 11.3 Å². The smallest absolute Gasteiger partial charge is 0.154 e. The predicted octanol–water partition coefficient (Wildman–Crippen LogP) is 2.60. The van der Waals surface area contributed by atoms with Gasteiger partial charge in [-0.2, -0.15) is 0 Å². The normalized spacial score (nSPS) is 13.5. The molecular formula is C14H16N4. The summed E-state index contributed by atoms with van der Waals surface area (Å²) >= 11 is 0. The summed E-state index contributed by atoms with van der Waals surface area (Å²) in [6, 6.07) is 8.47. The zero-order valence-electron chi connectivity index (χ0n) is 10.4. The van der Waals surface area contributed by atoms with Gasteiger partial charge in [0.25, 0.3) is 0 Å². The van der Waals surface area contributed by atoms with Crippen molar-refractivity contribution in [1.82, 2.24) is 9.97 Å². The minimum atomic E-state index is 0.833. The number of aromatic nitrogens is 2. The van der Waals surface area contributed by atoms with Gasteiger partial charge in [-0.25, -0.2) is 4.98 Å². The number of fused-ring (bicyclic) bond motifs is 1. The Labute approximate surface area is 107 Å². The third-order valence-corrected chi connectivity index (χ3v) is 3.14. The van der Waals surface area contributed by atoms with Crippen molar-refractivity contribution in [2.75, 3.05) is 23.3 Å². The van der Waals surface area contributed by atoms with E-state index >= 15 is 0 Å².